The van der Waals surface area contributed by atoms with Crippen LogP contribution in [0.1, 0.15) is 51.6 Å². The molecule has 1 saturated carbocycles. The lowest BCUT2D eigenvalue weighted by Crippen LogP contribution is -2.26. The summed E-state index contributed by atoms with van der Waals surface area (Å²) in [4.78, 5) is 4.23. The predicted octanol–water partition coefficient (Wildman–Crippen LogP) is 2.95. The van der Waals surface area contributed by atoms with Gasteiger partial charge in [-0.25, -0.2) is 4.98 Å². The fourth-order valence-corrected chi connectivity index (χ4v) is 3.44. The van der Waals surface area contributed by atoms with Gasteiger partial charge in [0, 0.05) is 19.3 Å². The van der Waals surface area contributed by atoms with Gasteiger partial charge in [0.05, 0.1) is 12.0 Å². The first-order chi connectivity index (χ1) is 8.15. The van der Waals surface area contributed by atoms with E-state index in [1.165, 1.54) is 37.8 Å². The van der Waals surface area contributed by atoms with E-state index < -0.39 is 0 Å². The maximum absolute atomic E-state index is 5.75. The molecule has 17 heavy (non-hydrogen) atoms. The first kappa shape index (κ1) is 12.6. The summed E-state index contributed by atoms with van der Waals surface area (Å²) in [7, 11) is 0. The maximum Gasteiger partial charge on any atom is 0.0948 e. The highest BCUT2D eigenvalue weighted by atomic mass is 15.1. The third-order valence-corrected chi connectivity index (χ3v) is 4.02. The van der Waals surface area contributed by atoms with Crippen molar-refractivity contribution >= 4 is 0 Å². The Morgan fingerprint density at radius 1 is 1.41 bits per heavy atom. The maximum atomic E-state index is 5.75. The van der Waals surface area contributed by atoms with Crippen LogP contribution in [0.3, 0.4) is 0 Å². The average molecular weight is 235 g/mol. The second kappa shape index (κ2) is 5.21. The van der Waals surface area contributed by atoms with E-state index in [0.29, 0.717) is 12.0 Å². The molecule has 1 aliphatic carbocycles. The lowest BCUT2D eigenvalue weighted by Gasteiger charge is -2.32. The Kier molecular flexibility index (Phi) is 3.87. The van der Waals surface area contributed by atoms with Crippen molar-refractivity contribution in [3.05, 3.63) is 18.2 Å². The summed E-state index contributed by atoms with van der Waals surface area (Å²) in [5, 5.41) is 0. The van der Waals surface area contributed by atoms with Crippen LogP contribution in [0.2, 0.25) is 0 Å². The van der Waals surface area contributed by atoms with E-state index in [1.807, 2.05) is 12.5 Å². The molecule has 0 saturated heterocycles. The zero-order chi connectivity index (χ0) is 12.3. The minimum absolute atomic E-state index is 0.499. The Labute approximate surface area is 104 Å². The number of hydrogen-bond acceptors (Lipinski definition) is 2. The van der Waals surface area contributed by atoms with Crippen LogP contribution < -0.4 is 5.73 Å². The van der Waals surface area contributed by atoms with E-state index in [1.54, 1.807) is 0 Å². The van der Waals surface area contributed by atoms with Gasteiger partial charge in [0.25, 0.3) is 0 Å². The highest BCUT2D eigenvalue weighted by molar-refractivity contribution is 4.99. The normalized spacial score (nSPS) is 19.1. The van der Waals surface area contributed by atoms with E-state index in [9.17, 15) is 0 Å². The predicted molar refractivity (Wildman–Crippen MR) is 70.5 cm³/mol. The molecule has 96 valence electrons. The Morgan fingerprint density at radius 2 is 2.12 bits per heavy atom. The number of imidazole rings is 1. The van der Waals surface area contributed by atoms with E-state index >= 15 is 0 Å². The van der Waals surface area contributed by atoms with Crippen molar-refractivity contribution in [2.24, 2.45) is 17.1 Å². The van der Waals surface area contributed by atoms with Crippen LogP contribution in [-0.2, 0) is 13.1 Å². The summed E-state index contributed by atoms with van der Waals surface area (Å²) < 4.78 is 2.27. The van der Waals surface area contributed by atoms with Crippen molar-refractivity contribution in [2.45, 2.75) is 59.0 Å². The first-order valence-corrected chi connectivity index (χ1v) is 6.84. The molecule has 0 unspecified atom stereocenters. The number of rotatable bonds is 5. The van der Waals surface area contributed by atoms with E-state index in [-0.39, 0.29) is 0 Å². The number of hydrogen-bond donors (Lipinski definition) is 1. The fraction of sp³-hybridized carbons (Fsp3) is 0.786. The fourth-order valence-electron chi connectivity index (χ4n) is 3.44. The number of nitrogens with zero attached hydrogens (tertiary/aromatic N) is 2. The van der Waals surface area contributed by atoms with Crippen LogP contribution in [-0.4, -0.2) is 9.55 Å². The molecule has 1 aromatic rings. The molecule has 0 aliphatic heterocycles. The summed E-state index contributed by atoms with van der Waals surface area (Å²) in [6.07, 6.45) is 10.7. The quantitative estimate of drug-likeness (QED) is 0.852. The van der Waals surface area contributed by atoms with Crippen LogP contribution >= 0.6 is 0 Å². The standard InChI is InChI=1S/C14H25N3/c1-12(2)7-14(5-3-4-6-14)10-17-11-16-9-13(17)8-15/h9,11-12H,3-8,10,15H2,1-2H3. The van der Waals surface area contributed by atoms with Crippen LogP contribution in [0.5, 0.6) is 0 Å². The van der Waals surface area contributed by atoms with Gasteiger partial charge in [-0.2, -0.15) is 0 Å². The summed E-state index contributed by atoms with van der Waals surface area (Å²) in [5.74, 6) is 0.776. The van der Waals surface area contributed by atoms with Crippen molar-refractivity contribution in [2.75, 3.05) is 0 Å². The molecule has 3 nitrogen and oxygen atoms in total. The molecule has 0 atom stereocenters. The Bertz CT molecular complexity index is 348. The van der Waals surface area contributed by atoms with Gasteiger partial charge in [0.15, 0.2) is 0 Å². The van der Waals surface area contributed by atoms with Gasteiger partial charge < -0.3 is 10.3 Å². The van der Waals surface area contributed by atoms with Crippen LogP contribution in [0.15, 0.2) is 12.5 Å². The summed E-state index contributed by atoms with van der Waals surface area (Å²) in [5.41, 5.74) is 7.42. The molecule has 1 aromatic heterocycles. The molecule has 1 fully saturated rings. The molecule has 2 N–H and O–H groups in total. The molecule has 0 spiro atoms. The van der Waals surface area contributed by atoms with Gasteiger partial charge in [-0.15, -0.1) is 0 Å². The minimum Gasteiger partial charge on any atom is -0.333 e. The van der Waals surface area contributed by atoms with Gasteiger partial charge in [0.2, 0.25) is 0 Å². The molecule has 1 heterocycles. The van der Waals surface area contributed by atoms with E-state index in [2.05, 4.69) is 23.4 Å². The van der Waals surface area contributed by atoms with E-state index in [0.717, 1.165) is 12.5 Å². The smallest absolute Gasteiger partial charge is 0.0948 e. The largest absolute Gasteiger partial charge is 0.333 e. The van der Waals surface area contributed by atoms with Crippen molar-refractivity contribution in [3.8, 4) is 0 Å². The highest BCUT2D eigenvalue weighted by Crippen LogP contribution is 2.44. The average Bonchev–Trinajstić information content (AvgIpc) is 2.87. The highest BCUT2D eigenvalue weighted by Gasteiger charge is 2.34. The minimum atomic E-state index is 0.499. The molecule has 3 heteroatoms. The third kappa shape index (κ3) is 2.89. The lowest BCUT2D eigenvalue weighted by molar-refractivity contribution is 0.195. The first-order valence-electron chi connectivity index (χ1n) is 6.84. The van der Waals surface area contributed by atoms with Crippen molar-refractivity contribution < 1.29 is 0 Å². The molecular formula is C14H25N3. The molecule has 1 aliphatic rings. The molecule has 0 radical (unpaired) electrons. The zero-order valence-corrected chi connectivity index (χ0v) is 11.2. The van der Waals surface area contributed by atoms with Gasteiger partial charge in [-0.05, 0) is 30.6 Å². The Hall–Kier alpha value is -0.830. The lowest BCUT2D eigenvalue weighted by atomic mass is 9.78. The topological polar surface area (TPSA) is 43.8 Å². The van der Waals surface area contributed by atoms with Gasteiger partial charge in [-0.1, -0.05) is 26.7 Å². The van der Waals surface area contributed by atoms with Crippen molar-refractivity contribution in [1.82, 2.24) is 9.55 Å². The molecule has 0 bridgehead atoms. The van der Waals surface area contributed by atoms with Crippen LogP contribution in [0.25, 0.3) is 0 Å². The van der Waals surface area contributed by atoms with Gasteiger partial charge >= 0.3 is 0 Å². The number of aromatic nitrogens is 2. The second-order valence-electron chi connectivity index (χ2n) is 6.02. The Morgan fingerprint density at radius 3 is 2.71 bits per heavy atom. The van der Waals surface area contributed by atoms with Crippen molar-refractivity contribution in [1.29, 1.82) is 0 Å². The van der Waals surface area contributed by atoms with Crippen molar-refractivity contribution in [3.63, 3.8) is 0 Å². The zero-order valence-electron chi connectivity index (χ0n) is 11.2. The summed E-state index contributed by atoms with van der Waals surface area (Å²) >= 11 is 0. The molecular weight excluding hydrogens is 210 g/mol. The third-order valence-electron chi connectivity index (χ3n) is 4.02. The summed E-state index contributed by atoms with van der Waals surface area (Å²) in [6.45, 7) is 6.37. The number of nitrogens with two attached hydrogens (primary N) is 1. The van der Waals surface area contributed by atoms with Crippen LogP contribution in [0, 0.1) is 11.3 Å². The van der Waals surface area contributed by atoms with E-state index in [4.69, 9.17) is 5.73 Å². The Balaban J connectivity index is 2.12. The second-order valence-corrected chi connectivity index (χ2v) is 6.02. The van der Waals surface area contributed by atoms with Gasteiger partial charge in [0.1, 0.15) is 0 Å². The molecule has 0 amide bonds. The summed E-state index contributed by atoms with van der Waals surface area (Å²) in [6, 6.07) is 0. The monoisotopic (exact) mass is 235 g/mol. The van der Waals surface area contributed by atoms with Crippen LogP contribution in [0.4, 0.5) is 0 Å². The molecule has 2 rings (SSSR count). The molecule has 0 aromatic carbocycles. The van der Waals surface area contributed by atoms with Gasteiger partial charge in [-0.3, -0.25) is 0 Å². The SMILES string of the molecule is CC(C)CC1(Cn2cncc2CN)CCCC1.